The normalized spacial score (nSPS) is 14.0. The summed E-state index contributed by atoms with van der Waals surface area (Å²) in [5, 5.41) is 0. The van der Waals surface area contributed by atoms with Gasteiger partial charge < -0.3 is 19.3 Å². The van der Waals surface area contributed by atoms with Crippen molar-refractivity contribution in [2.45, 2.75) is 12.8 Å². The van der Waals surface area contributed by atoms with Crippen LogP contribution in [-0.2, 0) is 31.9 Å². The Morgan fingerprint density at radius 2 is 1.17 bits per heavy atom. The molecule has 0 amide bonds. The lowest BCUT2D eigenvalue weighted by atomic mass is 9.98. The molecule has 4 aromatic carbocycles. The average molecular weight is 613 g/mol. The Morgan fingerprint density at radius 3 is 1.78 bits per heavy atom. The lowest BCUT2D eigenvalue weighted by Gasteiger charge is -2.24. The molecule has 8 nitrogen and oxygen atoms in total. The van der Waals surface area contributed by atoms with E-state index in [0.717, 1.165) is 28.1 Å². The van der Waals surface area contributed by atoms with Gasteiger partial charge in [-0.15, -0.1) is 0 Å². The standard InChI is InChI=1S/C38H32N2O6/c1-45-37(43)29-13-15-32-27(21-29)17-19-39(32)24-31(25-9-5-3-6-10-25)36(42)35(41)23-34(26-11-7-4-8-12-26)40-20-18-28-22-30(38(44)46-2)14-16-33(28)40/h3-16,21-24H,17-20H2,1-2H3/b31-24+,34-23-. The van der Waals surface area contributed by atoms with Crippen molar-refractivity contribution in [3.05, 3.63) is 143 Å². The average Bonchev–Trinajstić information content (AvgIpc) is 3.72. The van der Waals surface area contributed by atoms with E-state index in [2.05, 4.69) is 0 Å². The van der Waals surface area contributed by atoms with Crippen molar-refractivity contribution in [1.82, 2.24) is 0 Å². The van der Waals surface area contributed by atoms with Crippen LogP contribution in [0.4, 0.5) is 11.4 Å². The van der Waals surface area contributed by atoms with Crippen LogP contribution in [0.5, 0.6) is 0 Å². The third-order valence-corrected chi connectivity index (χ3v) is 8.29. The molecule has 0 fully saturated rings. The van der Waals surface area contributed by atoms with E-state index in [1.54, 1.807) is 24.4 Å². The highest BCUT2D eigenvalue weighted by molar-refractivity contribution is 6.57. The van der Waals surface area contributed by atoms with Gasteiger partial charge in [0.2, 0.25) is 11.6 Å². The number of ketones is 2. The van der Waals surface area contributed by atoms with Gasteiger partial charge in [0.1, 0.15) is 0 Å². The first-order valence-corrected chi connectivity index (χ1v) is 15.0. The summed E-state index contributed by atoms with van der Waals surface area (Å²) in [6, 6.07) is 29.3. The van der Waals surface area contributed by atoms with Gasteiger partial charge in [-0.25, -0.2) is 9.59 Å². The number of hydrogen-bond donors (Lipinski definition) is 0. The topological polar surface area (TPSA) is 93.2 Å². The van der Waals surface area contributed by atoms with E-state index in [4.69, 9.17) is 9.47 Å². The number of carbonyl (C=O) groups excluding carboxylic acids is 4. The van der Waals surface area contributed by atoms with Gasteiger partial charge in [0.25, 0.3) is 0 Å². The van der Waals surface area contributed by atoms with Crippen LogP contribution in [0.3, 0.4) is 0 Å². The van der Waals surface area contributed by atoms with Crippen molar-refractivity contribution in [3.63, 3.8) is 0 Å². The van der Waals surface area contributed by atoms with Gasteiger partial charge in [0, 0.05) is 42.3 Å². The number of ether oxygens (including phenoxy) is 2. The molecule has 0 atom stereocenters. The molecule has 8 heteroatoms. The van der Waals surface area contributed by atoms with Crippen molar-refractivity contribution >= 4 is 46.2 Å². The van der Waals surface area contributed by atoms with Crippen LogP contribution in [0.15, 0.2) is 109 Å². The maximum absolute atomic E-state index is 14.1. The van der Waals surface area contributed by atoms with Crippen LogP contribution in [0, 0.1) is 0 Å². The van der Waals surface area contributed by atoms with Crippen LogP contribution in [-0.4, -0.2) is 50.8 Å². The smallest absolute Gasteiger partial charge is 0.337 e. The molecule has 46 heavy (non-hydrogen) atoms. The Labute approximate surface area is 267 Å². The zero-order valence-electron chi connectivity index (χ0n) is 25.6. The van der Waals surface area contributed by atoms with E-state index >= 15 is 0 Å². The highest BCUT2D eigenvalue weighted by atomic mass is 16.5. The molecule has 2 aliphatic rings. The zero-order chi connectivity index (χ0) is 32.2. The van der Waals surface area contributed by atoms with E-state index in [0.29, 0.717) is 48.3 Å². The zero-order valence-corrected chi connectivity index (χ0v) is 25.6. The number of allylic oxidation sites excluding steroid dienone is 2. The predicted octanol–water partition coefficient (Wildman–Crippen LogP) is 5.91. The Bertz CT molecular complexity index is 1900. The molecule has 2 heterocycles. The first-order chi connectivity index (χ1) is 22.4. The highest BCUT2D eigenvalue weighted by Gasteiger charge is 2.28. The number of fused-ring (bicyclic) bond motifs is 2. The van der Waals surface area contributed by atoms with Crippen molar-refractivity contribution in [1.29, 1.82) is 0 Å². The van der Waals surface area contributed by atoms with Crippen LogP contribution >= 0.6 is 0 Å². The summed E-state index contributed by atoms with van der Waals surface area (Å²) in [5.41, 5.74) is 6.83. The second-order valence-electron chi connectivity index (χ2n) is 11.0. The molecule has 0 aliphatic carbocycles. The lowest BCUT2D eigenvalue weighted by molar-refractivity contribution is -0.130. The van der Waals surface area contributed by atoms with Gasteiger partial charge in [-0.3, -0.25) is 9.59 Å². The highest BCUT2D eigenvalue weighted by Crippen LogP contribution is 2.36. The van der Waals surface area contributed by atoms with E-state index in [-0.39, 0.29) is 5.57 Å². The molecule has 0 saturated heterocycles. The second-order valence-corrected chi connectivity index (χ2v) is 11.0. The van der Waals surface area contributed by atoms with Crippen molar-refractivity contribution < 1.29 is 28.7 Å². The minimum atomic E-state index is -0.658. The van der Waals surface area contributed by atoms with E-state index in [1.165, 1.54) is 20.3 Å². The summed E-state index contributed by atoms with van der Waals surface area (Å²) >= 11 is 0. The minimum Gasteiger partial charge on any atom is -0.465 e. The fraction of sp³-hybridized carbons (Fsp3) is 0.158. The van der Waals surface area contributed by atoms with Crippen LogP contribution in [0.25, 0.3) is 11.3 Å². The van der Waals surface area contributed by atoms with Crippen LogP contribution in [0.1, 0.15) is 43.0 Å². The number of esters is 2. The van der Waals surface area contributed by atoms with Gasteiger partial charge in [-0.05, 0) is 71.5 Å². The van der Waals surface area contributed by atoms with E-state index < -0.39 is 23.5 Å². The van der Waals surface area contributed by atoms with Gasteiger partial charge in [-0.1, -0.05) is 60.7 Å². The number of methoxy groups -OCH3 is 2. The summed E-state index contributed by atoms with van der Waals surface area (Å²) in [6.45, 7) is 1.16. The van der Waals surface area contributed by atoms with Gasteiger partial charge in [-0.2, -0.15) is 0 Å². The molecular formula is C38H32N2O6. The molecule has 6 rings (SSSR count). The molecule has 0 radical (unpaired) electrons. The predicted molar refractivity (Wildman–Crippen MR) is 177 cm³/mol. The SMILES string of the molecule is COC(=O)c1ccc2c(c1)CCN2/C=C(/C(=O)C(=O)/C=C(/c1ccccc1)N1CCc2cc(C(=O)OC)ccc21)c1ccccc1. The Kier molecular flexibility index (Phi) is 8.61. The molecule has 0 unspecified atom stereocenters. The third-order valence-electron chi connectivity index (χ3n) is 8.29. The van der Waals surface area contributed by atoms with Crippen molar-refractivity contribution in [3.8, 4) is 0 Å². The molecule has 0 bridgehead atoms. The fourth-order valence-electron chi connectivity index (χ4n) is 5.99. The molecule has 0 saturated carbocycles. The molecule has 0 N–H and O–H groups in total. The van der Waals surface area contributed by atoms with Gasteiger partial charge in [0.15, 0.2) is 0 Å². The minimum absolute atomic E-state index is 0.267. The maximum Gasteiger partial charge on any atom is 0.337 e. The summed E-state index contributed by atoms with van der Waals surface area (Å²) in [7, 11) is 2.70. The number of anilines is 2. The number of hydrogen-bond acceptors (Lipinski definition) is 8. The molecule has 0 spiro atoms. The summed E-state index contributed by atoms with van der Waals surface area (Å²) < 4.78 is 9.76. The number of rotatable bonds is 9. The van der Waals surface area contributed by atoms with Crippen LogP contribution < -0.4 is 9.80 Å². The molecule has 0 aromatic heterocycles. The monoisotopic (exact) mass is 612 g/mol. The van der Waals surface area contributed by atoms with Gasteiger partial charge in [0.05, 0.1) is 31.0 Å². The fourth-order valence-corrected chi connectivity index (χ4v) is 5.99. The Morgan fingerprint density at radius 1 is 0.630 bits per heavy atom. The molecular weight excluding hydrogens is 580 g/mol. The third kappa shape index (κ3) is 5.97. The first kappa shape index (κ1) is 30.3. The molecule has 2 aliphatic heterocycles. The summed E-state index contributed by atoms with van der Waals surface area (Å²) in [5.74, 6) is -2.12. The quantitative estimate of drug-likeness (QED) is 0.131. The Balaban J connectivity index is 1.37. The number of benzene rings is 4. The van der Waals surface area contributed by atoms with Gasteiger partial charge >= 0.3 is 11.9 Å². The maximum atomic E-state index is 14.1. The number of nitrogens with zero attached hydrogens (tertiary/aromatic N) is 2. The summed E-state index contributed by atoms with van der Waals surface area (Å²) in [6.07, 6.45) is 4.48. The molecule has 230 valence electrons. The molecule has 4 aromatic rings. The number of carbonyl (C=O) groups is 4. The van der Waals surface area contributed by atoms with E-state index in [1.807, 2.05) is 88.7 Å². The first-order valence-electron chi connectivity index (χ1n) is 15.0. The lowest BCUT2D eigenvalue weighted by Crippen LogP contribution is -2.23. The Hall–Kier alpha value is -5.76. The largest absolute Gasteiger partial charge is 0.465 e. The second kappa shape index (κ2) is 13.1. The van der Waals surface area contributed by atoms with Crippen molar-refractivity contribution in [2.75, 3.05) is 37.1 Å². The number of Topliss-reactive ketones (excluding diaryl/α,β-unsaturated/α-hetero) is 1. The van der Waals surface area contributed by atoms with E-state index in [9.17, 15) is 19.2 Å². The summed E-state index contributed by atoms with van der Waals surface area (Å²) in [4.78, 5) is 56.2. The van der Waals surface area contributed by atoms with Crippen LogP contribution in [0.2, 0.25) is 0 Å². The van der Waals surface area contributed by atoms with Crippen molar-refractivity contribution in [2.24, 2.45) is 0 Å².